The first-order valence-electron chi connectivity index (χ1n) is 8.07. The van der Waals surface area contributed by atoms with Crippen LogP contribution in [-0.2, 0) is 15.8 Å². The van der Waals surface area contributed by atoms with Crippen LogP contribution in [0.25, 0.3) is 11.9 Å². The Labute approximate surface area is 167 Å². The highest BCUT2D eigenvalue weighted by Gasteiger charge is 2.34. The summed E-state index contributed by atoms with van der Waals surface area (Å²) in [6.45, 7) is 3.61. The van der Waals surface area contributed by atoms with Gasteiger partial charge < -0.3 is 5.11 Å². The van der Waals surface area contributed by atoms with Crippen molar-refractivity contribution < 1.29 is 27.9 Å². The zero-order chi connectivity index (χ0) is 21.3. The number of pyridine rings is 1. The molecule has 7 nitrogen and oxygen atoms in total. The Morgan fingerprint density at radius 1 is 1.34 bits per heavy atom. The molecule has 0 atom stereocenters. The van der Waals surface area contributed by atoms with Gasteiger partial charge in [0.1, 0.15) is 5.57 Å². The lowest BCUT2D eigenvalue weighted by Crippen LogP contribution is -2.53. The van der Waals surface area contributed by atoms with Crippen molar-refractivity contribution in [2.75, 3.05) is 6.54 Å². The Balaban J connectivity index is 2.02. The second kappa shape index (κ2) is 7.51. The van der Waals surface area contributed by atoms with E-state index in [4.69, 9.17) is 12.2 Å². The number of hydrogen-bond acceptors (Lipinski definition) is 5. The number of aromatic hydroxyl groups is 1. The third kappa shape index (κ3) is 3.90. The predicted molar refractivity (Wildman–Crippen MR) is 101 cm³/mol. The summed E-state index contributed by atoms with van der Waals surface area (Å²) in [5, 5.41) is 12.3. The smallest absolute Gasteiger partial charge is 0.418 e. The van der Waals surface area contributed by atoms with Crippen molar-refractivity contribution in [1.29, 1.82) is 0 Å². The highest BCUT2D eigenvalue weighted by molar-refractivity contribution is 7.80. The number of halogens is 3. The molecule has 3 rings (SSSR count). The Kier molecular flexibility index (Phi) is 5.25. The number of alkyl halides is 3. The third-order valence-electron chi connectivity index (χ3n) is 3.97. The van der Waals surface area contributed by atoms with E-state index in [1.807, 2.05) is 0 Å². The molecule has 2 aromatic heterocycles. The molecule has 2 N–H and O–H groups in total. The minimum absolute atomic E-state index is 0.0607. The molecule has 2 amide bonds. The van der Waals surface area contributed by atoms with Gasteiger partial charge in [-0.2, -0.15) is 13.2 Å². The fourth-order valence-electron chi connectivity index (χ4n) is 2.63. The van der Waals surface area contributed by atoms with Gasteiger partial charge in [0.25, 0.3) is 11.8 Å². The number of amides is 2. The maximum absolute atomic E-state index is 12.8. The van der Waals surface area contributed by atoms with E-state index in [2.05, 4.69) is 16.9 Å². The normalized spacial score (nSPS) is 16.3. The maximum Gasteiger partial charge on any atom is 0.418 e. The average Bonchev–Trinajstić information content (AvgIpc) is 3.09. The lowest BCUT2D eigenvalue weighted by atomic mass is 10.1. The molecule has 11 heteroatoms. The lowest BCUT2D eigenvalue weighted by molar-refractivity contribution is -0.138. The minimum atomic E-state index is -4.66. The number of nitrogens with one attached hydrogen (secondary N) is 1. The number of carbonyl (C=O) groups excluding carboxylic acids is 2. The minimum Gasteiger partial charge on any atom is -0.504 e. The first kappa shape index (κ1) is 20.3. The molecule has 0 radical (unpaired) electrons. The van der Waals surface area contributed by atoms with Crippen molar-refractivity contribution in [2.45, 2.75) is 6.18 Å². The van der Waals surface area contributed by atoms with Gasteiger partial charge in [-0.15, -0.1) is 6.58 Å². The zero-order valence-corrected chi connectivity index (χ0v) is 15.4. The molecule has 1 saturated heterocycles. The second-order valence-electron chi connectivity index (χ2n) is 5.89. The number of aromatic nitrogens is 2. The Hall–Kier alpha value is -3.47. The van der Waals surface area contributed by atoms with E-state index < -0.39 is 29.3 Å². The summed E-state index contributed by atoms with van der Waals surface area (Å²) in [4.78, 5) is 29.6. The molecule has 29 heavy (non-hydrogen) atoms. The van der Waals surface area contributed by atoms with E-state index in [1.165, 1.54) is 35.0 Å². The summed E-state index contributed by atoms with van der Waals surface area (Å²) in [6, 6.07) is 3.56. The molecule has 150 valence electrons. The van der Waals surface area contributed by atoms with Crippen molar-refractivity contribution >= 4 is 35.2 Å². The van der Waals surface area contributed by atoms with Gasteiger partial charge in [0, 0.05) is 24.6 Å². The van der Waals surface area contributed by atoms with Crippen LogP contribution in [0, 0.1) is 0 Å². The average molecular weight is 422 g/mol. The summed E-state index contributed by atoms with van der Waals surface area (Å²) in [5.41, 5.74) is -1.12. The van der Waals surface area contributed by atoms with Crippen LogP contribution in [0.3, 0.4) is 0 Å². The van der Waals surface area contributed by atoms with E-state index in [1.54, 1.807) is 0 Å². The van der Waals surface area contributed by atoms with Gasteiger partial charge in [-0.1, -0.05) is 6.08 Å². The largest absolute Gasteiger partial charge is 0.504 e. The van der Waals surface area contributed by atoms with Crippen molar-refractivity contribution in [2.24, 2.45) is 0 Å². The lowest BCUT2D eigenvalue weighted by Gasteiger charge is -2.27. The van der Waals surface area contributed by atoms with Crippen LogP contribution >= 0.6 is 12.2 Å². The monoisotopic (exact) mass is 422 g/mol. The molecular weight excluding hydrogens is 409 g/mol. The van der Waals surface area contributed by atoms with Gasteiger partial charge in [-0.05, 0) is 36.5 Å². The summed E-state index contributed by atoms with van der Waals surface area (Å²) >= 11 is 4.97. The molecule has 2 aromatic rings. The molecule has 0 aromatic carbocycles. The van der Waals surface area contributed by atoms with Crippen LogP contribution in [0.1, 0.15) is 11.3 Å². The van der Waals surface area contributed by atoms with Crippen LogP contribution < -0.4 is 5.32 Å². The molecular formula is C18H13F3N4O3S. The van der Waals surface area contributed by atoms with Crippen LogP contribution in [0.5, 0.6) is 5.75 Å². The Morgan fingerprint density at radius 2 is 2.07 bits per heavy atom. The number of carbonyl (C=O) groups is 2. The van der Waals surface area contributed by atoms with Gasteiger partial charge >= 0.3 is 6.18 Å². The molecule has 0 bridgehead atoms. The standard InChI is InChI=1S/C18H13F3N4O3S/c1-2-5-25-16(28)12(15(27)23-17(25)29)8-11-4-3-6-24(11)14-13(26)7-10(9-22-14)18(19,20)21/h2-4,6-9,26H,1,5H2,(H,23,27,29)/b12-8+. The van der Waals surface area contributed by atoms with Gasteiger partial charge in [0.15, 0.2) is 16.7 Å². The van der Waals surface area contributed by atoms with E-state index >= 15 is 0 Å². The highest BCUT2D eigenvalue weighted by atomic mass is 32.1. The van der Waals surface area contributed by atoms with E-state index in [9.17, 15) is 27.9 Å². The van der Waals surface area contributed by atoms with Crippen molar-refractivity contribution in [1.82, 2.24) is 19.8 Å². The highest BCUT2D eigenvalue weighted by Crippen LogP contribution is 2.33. The fraction of sp³-hybridized carbons (Fsp3) is 0.111. The SMILES string of the molecule is C=CCN1C(=O)/C(=C/c2cccn2-c2ncc(C(F)(F)F)cc2O)C(=O)NC1=S. The van der Waals surface area contributed by atoms with Crippen LogP contribution in [-0.4, -0.2) is 43.0 Å². The molecule has 0 spiro atoms. The fourth-order valence-corrected chi connectivity index (χ4v) is 2.88. The first-order valence-corrected chi connectivity index (χ1v) is 8.48. The summed E-state index contributed by atoms with van der Waals surface area (Å²) in [7, 11) is 0. The molecule has 1 aliphatic rings. The van der Waals surface area contributed by atoms with E-state index in [-0.39, 0.29) is 28.7 Å². The van der Waals surface area contributed by atoms with Crippen molar-refractivity contribution in [3.05, 3.63) is 60.1 Å². The Morgan fingerprint density at radius 3 is 2.69 bits per heavy atom. The van der Waals surface area contributed by atoms with Crippen molar-refractivity contribution in [3.63, 3.8) is 0 Å². The first-order chi connectivity index (χ1) is 13.6. The molecule has 1 fully saturated rings. The topological polar surface area (TPSA) is 87.5 Å². The number of rotatable bonds is 4. The maximum atomic E-state index is 12.8. The third-order valence-corrected chi connectivity index (χ3v) is 4.30. The quantitative estimate of drug-likeness (QED) is 0.342. The number of nitrogens with zero attached hydrogens (tertiary/aromatic N) is 3. The van der Waals surface area contributed by atoms with Crippen molar-refractivity contribution in [3.8, 4) is 11.6 Å². The molecule has 0 aliphatic carbocycles. The molecule has 0 saturated carbocycles. The molecule has 1 aliphatic heterocycles. The van der Waals surface area contributed by atoms with E-state index in [0.29, 0.717) is 12.3 Å². The van der Waals surface area contributed by atoms with Crippen LogP contribution in [0.15, 0.2) is 48.8 Å². The van der Waals surface area contributed by atoms with Crippen LogP contribution in [0.2, 0.25) is 0 Å². The summed E-state index contributed by atoms with van der Waals surface area (Å²) in [5.74, 6) is -2.30. The van der Waals surface area contributed by atoms with E-state index in [0.717, 1.165) is 4.90 Å². The summed E-state index contributed by atoms with van der Waals surface area (Å²) < 4.78 is 39.6. The second-order valence-corrected chi connectivity index (χ2v) is 6.28. The molecule has 3 heterocycles. The number of hydrogen-bond donors (Lipinski definition) is 2. The summed E-state index contributed by atoms with van der Waals surface area (Å²) in [6.07, 6.45) is -0.00162. The van der Waals surface area contributed by atoms with Gasteiger partial charge in [0.05, 0.1) is 5.56 Å². The van der Waals surface area contributed by atoms with Gasteiger partial charge in [0.2, 0.25) is 0 Å². The van der Waals surface area contributed by atoms with Gasteiger partial charge in [-0.3, -0.25) is 24.4 Å². The zero-order valence-electron chi connectivity index (χ0n) is 14.6. The Bertz CT molecular complexity index is 1060. The van der Waals surface area contributed by atoms with Gasteiger partial charge in [-0.25, -0.2) is 4.98 Å². The molecule has 0 unspecified atom stereocenters. The van der Waals surface area contributed by atoms with Crippen LogP contribution in [0.4, 0.5) is 13.2 Å². The number of thiocarbonyl (C=S) groups is 1. The predicted octanol–water partition coefficient (Wildman–Crippen LogP) is 2.41.